The summed E-state index contributed by atoms with van der Waals surface area (Å²) in [5, 5.41) is 11.4. The second-order valence-corrected chi connectivity index (χ2v) is 11.7. The van der Waals surface area contributed by atoms with Crippen LogP contribution in [0.2, 0.25) is 0 Å². The Kier molecular flexibility index (Phi) is 4.52. The molecule has 0 radical (unpaired) electrons. The van der Waals surface area contributed by atoms with E-state index in [4.69, 9.17) is 0 Å². The molecule has 5 fully saturated rings. The number of Topliss-reactive ketones (excluding diaryl/α,β-unsaturated/α-hetero) is 1. The second kappa shape index (κ2) is 6.93. The highest BCUT2D eigenvalue weighted by Crippen LogP contribution is 2.61. The lowest BCUT2D eigenvalue weighted by Crippen LogP contribution is -2.56. The van der Waals surface area contributed by atoms with E-state index in [2.05, 4.69) is 23.7 Å². The molecule has 164 valence electrons. The first-order chi connectivity index (χ1) is 14.5. The van der Waals surface area contributed by atoms with Gasteiger partial charge in [0.2, 0.25) is 0 Å². The number of nitrogens with one attached hydrogen (secondary N) is 1. The van der Waals surface area contributed by atoms with Gasteiger partial charge in [-0.05, 0) is 106 Å². The van der Waals surface area contributed by atoms with Gasteiger partial charge in [0.05, 0.1) is 6.10 Å². The summed E-state index contributed by atoms with van der Waals surface area (Å²) in [6.45, 7) is 6.93. The summed E-state index contributed by atoms with van der Waals surface area (Å²) in [7, 11) is 0. The third kappa shape index (κ3) is 2.89. The molecule has 30 heavy (non-hydrogen) atoms. The summed E-state index contributed by atoms with van der Waals surface area (Å²) in [5.74, 6) is 3.59. The maximum Gasteiger partial charge on any atom is 0.169 e. The maximum absolute atomic E-state index is 13.5. The number of carbonyl (C=O) groups excluding carboxylic acids is 1. The fourth-order valence-electron chi connectivity index (χ4n) is 8.87. The van der Waals surface area contributed by atoms with E-state index in [9.17, 15) is 9.90 Å². The Hall–Kier alpha value is -1.13. The van der Waals surface area contributed by atoms with Crippen molar-refractivity contribution in [2.75, 3.05) is 19.6 Å². The van der Waals surface area contributed by atoms with Crippen LogP contribution in [0, 0.1) is 41.9 Å². The van der Waals surface area contributed by atoms with Crippen LogP contribution < -0.4 is 0 Å². The molecule has 1 aromatic heterocycles. The number of aromatic nitrogens is 1. The van der Waals surface area contributed by atoms with Crippen molar-refractivity contribution in [3.8, 4) is 0 Å². The van der Waals surface area contributed by atoms with Gasteiger partial charge in [-0.15, -0.1) is 0 Å². The van der Waals surface area contributed by atoms with Crippen LogP contribution >= 0.6 is 0 Å². The van der Waals surface area contributed by atoms with Crippen LogP contribution in [0.15, 0.2) is 0 Å². The minimum Gasteiger partial charge on any atom is -0.391 e. The molecule has 4 bridgehead atoms. The zero-order valence-corrected chi connectivity index (χ0v) is 18.8. The van der Waals surface area contributed by atoms with Crippen LogP contribution in [-0.4, -0.2) is 46.5 Å². The fraction of sp³-hybridized carbons (Fsp3) is 0.808. The van der Waals surface area contributed by atoms with Crippen LogP contribution in [0.1, 0.15) is 79.2 Å². The minimum atomic E-state index is -0.211. The molecule has 0 aromatic carbocycles. The summed E-state index contributed by atoms with van der Waals surface area (Å²) >= 11 is 0. The predicted octanol–water partition coefficient (Wildman–Crippen LogP) is 4.14. The van der Waals surface area contributed by atoms with Crippen LogP contribution in [0.4, 0.5) is 0 Å². The number of hydrogen-bond acceptors (Lipinski definition) is 3. The molecular formula is C26H38N2O2. The van der Waals surface area contributed by atoms with Crippen molar-refractivity contribution in [3.05, 3.63) is 22.5 Å². The van der Waals surface area contributed by atoms with E-state index in [-0.39, 0.29) is 17.4 Å². The zero-order valence-electron chi connectivity index (χ0n) is 18.8. The molecule has 5 aliphatic carbocycles. The van der Waals surface area contributed by atoms with Gasteiger partial charge in [0, 0.05) is 36.0 Å². The number of aliphatic hydroxyl groups excluding tert-OH is 1. The van der Waals surface area contributed by atoms with Crippen molar-refractivity contribution < 1.29 is 9.90 Å². The molecule has 0 amide bonds. The quantitative estimate of drug-likeness (QED) is 0.784. The number of nitrogens with zero attached hydrogens (tertiary/aromatic N) is 1. The number of β-amino-alcohol motifs (C(OH)–C–C–N with tert-alkyl or cyclic N) is 1. The topological polar surface area (TPSA) is 56.3 Å². The smallest absolute Gasteiger partial charge is 0.169 e. The number of ketones is 1. The Morgan fingerprint density at radius 2 is 1.83 bits per heavy atom. The van der Waals surface area contributed by atoms with Crippen molar-refractivity contribution in [2.45, 2.75) is 77.7 Å². The molecule has 4 heteroatoms. The Balaban J connectivity index is 1.18. The fourth-order valence-corrected chi connectivity index (χ4v) is 8.87. The van der Waals surface area contributed by atoms with Crippen molar-refractivity contribution in [1.29, 1.82) is 0 Å². The van der Waals surface area contributed by atoms with E-state index >= 15 is 0 Å². The Morgan fingerprint density at radius 3 is 2.47 bits per heavy atom. The second-order valence-electron chi connectivity index (χ2n) is 11.7. The van der Waals surface area contributed by atoms with Gasteiger partial charge in [0.25, 0.3) is 0 Å². The SMILES string of the molecule is CCc1c(C)[nH]c2c1C(=O)C1CN(CC(O)C34CC5CC(CC(C5)C3)C4)CCC1C2. The van der Waals surface area contributed by atoms with Gasteiger partial charge in [-0.25, -0.2) is 0 Å². The number of H-pyrrole nitrogens is 1. The van der Waals surface area contributed by atoms with E-state index in [1.165, 1.54) is 55.5 Å². The van der Waals surface area contributed by atoms with Gasteiger partial charge in [-0.1, -0.05) is 6.92 Å². The monoisotopic (exact) mass is 410 g/mol. The lowest BCUT2D eigenvalue weighted by molar-refractivity contribution is -0.128. The highest BCUT2D eigenvalue weighted by atomic mass is 16.3. The van der Waals surface area contributed by atoms with E-state index in [1.54, 1.807) is 0 Å². The molecule has 4 nitrogen and oxygen atoms in total. The summed E-state index contributed by atoms with van der Waals surface area (Å²) < 4.78 is 0. The van der Waals surface area contributed by atoms with Gasteiger partial charge < -0.3 is 10.1 Å². The largest absolute Gasteiger partial charge is 0.391 e. The van der Waals surface area contributed by atoms with Gasteiger partial charge in [-0.2, -0.15) is 0 Å². The Labute approximate surface area is 180 Å². The number of aryl methyl sites for hydroxylation is 1. The molecule has 2 N–H and O–H groups in total. The summed E-state index contributed by atoms with van der Waals surface area (Å²) in [6, 6.07) is 0. The van der Waals surface area contributed by atoms with Crippen LogP contribution in [-0.2, 0) is 12.8 Å². The molecule has 1 saturated heterocycles. The molecule has 1 aliphatic heterocycles. The van der Waals surface area contributed by atoms with Crippen molar-refractivity contribution in [3.63, 3.8) is 0 Å². The molecule has 4 saturated carbocycles. The number of aromatic amines is 1. The van der Waals surface area contributed by atoms with E-state index in [1.807, 2.05) is 0 Å². The number of carbonyl (C=O) groups is 1. The minimum absolute atomic E-state index is 0.121. The number of rotatable bonds is 4. The molecule has 1 aromatic rings. The van der Waals surface area contributed by atoms with E-state index < -0.39 is 0 Å². The van der Waals surface area contributed by atoms with Crippen LogP contribution in [0.5, 0.6) is 0 Å². The van der Waals surface area contributed by atoms with Gasteiger partial charge in [0.1, 0.15) is 0 Å². The lowest BCUT2D eigenvalue weighted by Gasteiger charge is -2.59. The van der Waals surface area contributed by atoms with Gasteiger partial charge in [0.15, 0.2) is 5.78 Å². The van der Waals surface area contributed by atoms with Crippen molar-refractivity contribution >= 4 is 5.78 Å². The molecule has 2 heterocycles. The summed E-state index contributed by atoms with van der Waals surface area (Å²) in [6.07, 6.45) is 10.9. The van der Waals surface area contributed by atoms with Crippen LogP contribution in [0.25, 0.3) is 0 Å². The van der Waals surface area contributed by atoms with Crippen molar-refractivity contribution in [2.24, 2.45) is 35.0 Å². The van der Waals surface area contributed by atoms with Gasteiger partial charge >= 0.3 is 0 Å². The summed E-state index contributed by atoms with van der Waals surface area (Å²) in [5.41, 5.74) is 4.81. The Bertz CT molecular complexity index is 820. The van der Waals surface area contributed by atoms with Crippen molar-refractivity contribution in [1.82, 2.24) is 9.88 Å². The third-order valence-corrected chi connectivity index (χ3v) is 9.86. The van der Waals surface area contributed by atoms with Crippen LogP contribution in [0.3, 0.4) is 0 Å². The number of piperidine rings is 1. The average Bonchev–Trinajstić information content (AvgIpc) is 3.02. The molecule has 3 atom stereocenters. The number of hydrogen-bond donors (Lipinski definition) is 2. The van der Waals surface area contributed by atoms with Gasteiger partial charge in [-0.3, -0.25) is 9.69 Å². The molecule has 7 rings (SSSR count). The maximum atomic E-state index is 13.5. The lowest BCUT2D eigenvalue weighted by atomic mass is 9.48. The highest BCUT2D eigenvalue weighted by molar-refractivity contribution is 6.02. The molecule has 3 unspecified atom stereocenters. The number of likely N-dealkylation sites (tertiary alicyclic amines) is 1. The molecular weight excluding hydrogens is 372 g/mol. The summed E-state index contributed by atoms with van der Waals surface area (Å²) in [4.78, 5) is 19.5. The first-order valence-corrected chi connectivity index (χ1v) is 12.6. The van der Waals surface area contributed by atoms with E-state index in [0.717, 1.165) is 62.2 Å². The van der Waals surface area contributed by atoms with E-state index in [0.29, 0.717) is 11.7 Å². The first kappa shape index (κ1) is 19.5. The Morgan fingerprint density at radius 1 is 1.17 bits per heavy atom. The highest BCUT2D eigenvalue weighted by Gasteiger charge is 2.54. The third-order valence-electron chi connectivity index (χ3n) is 9.86. The zero-order chi connectivity index (χ0) is 20.6. The normalized spacial score (nSPS) is 41.0. The standard InChI is InChI=1S/C26H38N2O2/c1-3-20-15(2)27-22-9-19-4-5-28(13-21(19)25(30)24(20)22)14-23(29)26-10-16-6-17(11-26)8-18(7-16)12-26/h16-19,21,23,27,29H,3-14H2,1-2H3. The number of fused-ring (bicyclic) bond motifs is 2. The molecule has 6 aliphatic rings. The predicted molar refractivity (Wildman–Crippen MR) is 118 cm³/mol. The molecule has 0 spiro atoms. The number of aliphatic hydroxyl groups is 1. The average molecular weight is 411 g/mol. The first-order valence-electron chi connectivity index (χ1n) is 12.6.